The molecule has 176 valence electrons. The van der Waals surface area contributed by atoms with E-state index in [1.165, 1.54) is 43.0 Å². The van der Waals surface area contributed by atoms with Crippen molar-refractivity contribution in [3.63, 3.8) is 0 Å². The molecule has 31 heavy (non-hydrogen) atoms. The SMILES string of the molecule is C[C@H]1[C@H]2CCC3[C@@H]4CC=C5C[C@@H](N(C)S(=O)(=O)N(C)C)CC[C@]5(C)C4CC[C@@]32CN1C. The monoisotopic (exact) mass is 449 g/mol. The number of hydrogen-bond donors (Lipinski definition) is 0. The fraction of sp³-hybridized carbons (Fsp3) is 0.920. The Morgan fingerprint density at radius 2 is 1.74 bits per heavy atom. The van der Waals surface area contributed by atoms with Crippen molar-refractivity contribution in [2.24, 2.45) is 34.5 Å². The van der Waals surface area contributed by atoms with Crippen LogP contribution in [0.4, 0.5) is 0 Å². The highest BCUT2D eigenvalue weighted by molar-refractivity contribution is 7.86. The quantitative estimate of drug-likeness (QED) is 0.612. The van der Waals surface area contributed by atoms with Crippen LogP contribution in [0.2, 0.25) is 0 Å². The molecule has 5 aliphatic rings. The van der Waals surface area contributed by atoms with Gasteiger partial charge < -0.3 is 4.90 Å². The second-order valence-electron chi connectivity index (χ2n) is 12.1. The Kier molecular flexibility index (Phi) is 5.25. The van der Waals surface area contributed by atoms with Crippen LogP contribution in [0.1, 0.15) is 65.2 Å². The summed E-state index contributed by atoms with van der Waals surface area (Å²) in [6, 6.07) is 0.842. The van der Waals surface area contributed by atoms with Crippen molar-refractivity contribution < 1.29 is 8.42 Å². The molecule has 1 spiro atoms. The minimum atomic E-state index is -3.36. The Balaban J connectivity index is 1.39. The molecule has 5 nitrogen and oxygen atoms in total. The van der Waals surface area contributed by atoms with Crippen LogP contribution < -0.4 is 0 Å². The highest BCUT2D eigenvalue weighted by Crippen LogP contribution is 2.68. The van der Waals surface area contributed by atoms with E-state index >= 15 is 0 Å². The van der Waals surface area contributed by atoms with Crippen molar-refractivity contribution >= 4 is 10.2 Å². The Labute approximate surface area is 190 Å². The molecule has 0 N–H and O–H groups in total. The summed E-state index contributed by atoms with van der Waals surface area (Å²) in [6.07, 6.45) is 12.5. The van der Waals surface area contributed by atoms with Crippen LogP contribution in [-0.4, -0.2) is 68.7 Å². The third kappa shape index (κ3) is 3.00. The first-order valence-corrected chi connectivity index (χ1v) is 14.0. The molecule has 3 saturated carbocycles. The Bertz CT molecular complexity index is 870. The van der Waals surface area contributed by atoms with E-state index in [0.29, 0.717) is 5.41 Å². The summed E-state index contributed by atoms with van der Waals surface area (Å²) >= 11 is 0. The lowest BCUT2D eigenvalue weighted by atomic mass is 9.47. The maximum atomic E-state index is 12.7. The topological polar surface area (TPSA) is 43.9 Å². The molecule has 0 radical (unpaired) electrons. The average Bonchev–Trinajstić information content (AvgIpc) is 3.20. The average molecular weight is 450 g/mol. The van der Waals surface area contributed by atoms with Gasteiger partial charge in [0.1, 0.15) is 0 Å². The molecule has 0 amide bonds. The van der Waals surface area contributed by atoms with Crippen molar-refractivity contribution in [3.8, 4) is 0 Å². The smallest absolute Gasteiger partial charge is 0.281 e. The maximum Gasteiger partial charge on any atom is 0.281 e. The Morgan fingerprint density at radius 3 is 2.45 bits per heavy atom. The van der Waals surface area contributed by atoms with Gasteiger partial charge in [0.15, 0.2) is 0 Å². The van der Waals surface area contributed by atoms with Gasteiger partial charge in [-0.05, 0) is 99.8 Å². The van der Waals surface area contributed by atoms with Crippen LogP contribution in [0.3, 0.4) is 0 Å². The normalized spacial score (nSPS) is 47.7. The lowest BCUT2D eigenvalue weighted by Gasteiger charge is -2.58. The second-order valence-corrected chi connectivity index (χ2v) is 14.3. The van der Waals surface area contributed by atoms with Crippen LogP contribution >= 0.6 is 0 Å². The van der Waals surface area contributed by atoms with Crippen LogP contribution in [0.25, 0.3) is 0 Å². The zero-order valence-electron chi connectivity index (χ0n) is 20.5. The number of rotatable bonds is 3. The van der Waals surface area contributed by atoms with E-state index in [0.717, 1.165) is 49.0 Å². The fourth-order valence-electron chi connectivity index (χ4n) is 9.20. The second kappa shape index (κ2) is 7.28. The molecule has 1 saturated heterocycles. The Hall–Kier alpha value is -0.430. The molecule has 2 unspecified atom stereocenters. The van der Waals surface area contributed by atoms with Gasteiger partial charge in [0.05, 0.1) is 0 Å². The zero-order chi connectivity index (χ0) is 22.3. The highest BCUT2D eigenvalue weighted by atomic mass is 32.2. The lowest BCUT2D eigenvalue weighted by molar-refractivity contribution is -0.0419. The van der Waals surface area contributed by atoms with E-state index in [4.69, 9.17) is 0 Å². The van der Waals surface area contributed by atoms with Crippen molar-refractivity contribution in [2.75, 3.05) is 34.7 Å². The number of likely N-dealkylation sites (tertiary alicyclic amines) is 1. The van der Waals surface area contributed by atoms with Gasteiger partial charge in [-0.15, -0.1) is 0 Å². The van der Waals surface area contributed by atoms with Crippen molar-refractivity contribution in [3.05, 3.63) is 11.6 Å². The van der Waals surface area contributed by atoms with E-state index in [1.807, 2.05) is 0 Å². The van der Waals surface area contributed by atoms with E-state index < -0.39 is 10.2 Å². The molecule has 1 heterocycles. The van der Waals surface area contributed by atoms with Gasteiger partial charge in [0.25, 0.3) is 10.2 Å². The summed E-state index contributed by atoms with van der Waals surface area (Å²) in [5, 5.41) is 0. The van der Waals surface area contributed by atoms with E-state index in [2.05, 4.69) is 31.9 Å². The van der Waals surface area contributed by atoms with Gasteiger partial charge in [-0.2, -0.15) is 17.0 Å². The first-order valence-electron chi connectivity index (χ1n) is 12.6. The molecule has 0 aromatic heterocycles. The fourth-order valence-corrected chi connectivity index (χ4v) is 10.3. The third-order valence-corrected chi connectivity index (χ3v) is 13.0. The summed E-state index contributed by atoms with van der Waals surface area (Å²) in [5.41, 5.74) is 2.42. The molecule has 0 bridgehead atoms. The largest absolute Gasteiger partial charge is 0.303 e. The number of nitrogens with zero attached hydrogens (tertiary/aromatic N) is 3. The number of fused-ring (bicyclic) bond motifs is 4. The van der Waals surface area contributed by atoms with Crippen molar-refractivity contribution in [1.29, 1.82) is 0 Å². The molecule has 4 fully saturated rings. The highest BCUT2D eigenvalue weighted by Gasteiger charge is 2.64. The van der Waals surface area contributed by atoms with E-state index in [1.54, 1.807) is 31.0 Å². The number of allylic oxidation sites excluding steroid dienone is 1. The van der Waals surface area contributed by atoms with Gasteiger partial charge in [-0.1, -0.05) is 18.6 Å². The first-order chi connectivity index (χ1) is 14.5. The first kappa shape index (κ1) is 22.4. The summed E-state index contributed by atoms with van der Waals surface area (Å²) in [6.45, 7) is 6.31. The maximum absolute atomic E-state index is 12.7. The molecule has 1 aliphatic heterocycles. The van der Waals surface area contributed by atoms with Crippen LogP contribution in [0.15, 0.2) is 11.6 Å². The minimum absolute atomic E-state index is 0.0957. The molecular weight excluding hydrogens is 406 g/mol. The Morgan fingerprint density at radius 1 is 1.03 bits per heavy atom. The van der Waals surface area contributed by atoms with Gasteiger partial charge >= 0.3 is 0 Å². The summed E-state index contributed by atoms with van der Waals surface area (Å²) in [5.74, 6) is 3.43. The molecule has 0 aromatic carbocycles. The van der Waals surface area contributed by atoms with Crippen molar-refractivity contribution in [1.82, 2.24) is 13.5 Å². The molecule has 5 rings (SSSR count). The minimum Gasteiger partial charge on any atom is -0.303 e. The molecule has 6 heteroatoms. The summed E-state index contributed by atoms with van der Waals surface area (Å²) < 4.78 is 28.4. The predicted octanol–water partition coefficient (Wildman–Crippen LogP) is 3.99. The van der Waals surface area contributed by atoms with Gasteiger partial charge in [-0.3, -0.25) is 0 Å². The molecular formula is C25H43N3O2S. The van der Waals surface area contributed by atoms with Crippen LogP contribution in [-0.2, 0) is 10.2 Å². The van der Waals surface area contributed by atoms with E-state index in [9.17, 15) is 8.42 Å². The van der Waals surface area contributed by atoms with Crippen LogP contribution in [0, 0.1) is 34.5 Å². The van der Waals surface area contributed by atoms with Gasteiger partial charge in [0, 0.05) is 39.8 Å². The molecule has 4 aliphatic carbocycles. The van der Waals surface area contributed by atoms with Crippen LogP contribution in [0.5, 0.6) is 0 Å². The van der Waals surface area contributed by atoms with E-state index in [-0.39, 0.29) is 11.5 Å². The third-order valence-electron chi connectivity index (χ3n) is 11.0. The molecule has 0 aromatic rings. The summed E-state index contributed by atoms with van der Waals surface area (Å²) in [4.78, 5) is 2.65. The van der Waals surface area contributed by atoms with Crippen molar-refractivity contribution in [2.45, 2.75) is 77.3 Å². The zero-order valence-corrected chi connectivity index (χ0v) is 21.3. The molecule has 8 atom stereocenters. The predicted molar refractivity (Wildman–Crippen MR) is 126 cm³/mol. The number of hydrogen-bond acceptors (Lipinski definition) is 3. The summed E-state index contributed by atoms with van der Waals surface area (Å²) in [7, 11) is 4.04. The van der Waals surface area contributed by atoms with Gasteiger partial charge in [0.2, 0.25) is 0 Å². The van der Waals surface area contributed by atoms with Gasteiger partial charge in [-0.25, -0.2) is 0 Å². The standard InChI is InChI=1S/C25H43N3O2S/c1-17-21-9-10-23-20-8-7-18-15-19(28(6)31(29,30)26(3)4)11-13-24(18,2)22(20)12-14-25(21,23)16-27(17)5/h7,17,19-23H,8-16H2,1-6H3/t17-,19-,20+,21+,22?,23?,24-,25-/m0/s1. The lowest BCUT2D eigenvalue weighted by Crippen LogP contribution is -2.53.